The second-order valence-corrected chi connectivity index (χ2v) is 9.75. The summed E-state index contributed by atoms with van der Waals surface area (Å²) in [5.74, 6) is -0.0901. The zero-order chi connectivity index (χ0) is 20.1. The quantitative estimate of drug-likeness (QED) is 0.711. The van der Waals surface area contributed by atoms with Crippen molar-refractivity contribution in [1.29, 1.82) is 0 Å². The van der Waals surface area contributed by atoms with Crippen LogP contribution in [-0.2, 0) is 20.6 Å². The van der Waals surface area contributed by atoms with Gasteiger partial charge in [-0.1, -0.05) is 52.3 Å². The molecule has 2 aromatic rings. The van der Waals surface area contributed by atoms with Gasteiger partial charge >= 0.3 is 0 Å². The molecule has 6 nitrogen and oxygen atoms in total. The van der Waals surface area contributed by atoms with Crippen LogP contribution in [0, 0.1) is 6.92 Å². The van der Waals surface area contributed by atoms with Crippen LogP contribution in [0.1, 0.15) is 11.1 Å². The number of amides is 1. The van der Waals surface area contributed by atoms with Gasteiger partial charge in [-0.15, -0.1) is 0 Å². The van der Waals surface area contributed by atoms with Gasteiger partial charge in [0, 0.05) is 36.3 Å². The number of halogens is 1. The van der Waals surface area contributed by atoms with Gasteiger partial charge in [-0.05, 0) is 30.2 Å². The summed E-state index contributed by atoms with van der Waals surface area (Å²) >= 11 is 3.46. The summed E-state index contributed by atoms with van der Waals surface area (Å²) in [4.78, 5) is 14.3. The van der Waals surface area contributed by atoms with E-state index in [1.54, 1.807) is 0 Å². The Labute approximate surface area is 174 Å². The highest BCUT2D eigenvalue weighted by molar-refractivity contribution is 9.10. The van der Waals surface area contributed by atoms with Gasteiger partial charge < -0.3 is 5.32 Å². The molecule has 1 amide bonds. The lowest BCUT2D eigenvalue weighted by molar-refractivity contribution is -0.117. The fourth-order valence-corrected chi connectivity index (χ4v) is 5.01. The normalized spacial score (nSPS) is 16.1. The van der Waals surface area contributed by atoms with Gasteiger partial charge in [0.05, 0.1) is 12.3 Å². The van der Waals surface area contributed by atoms with Crippen molar-refractivity contribution in [3.05, 3.63) is 64.1 Å². The first-order valence-corrected chi connectivity index (χ1v) is 11.5. The molecule has 0 aromatic heterocycles. The van der Waals surface area contributed by atoms with E-state index >= 15 is 0 Å². The second kappa shape index (κ2) is 9.17. The lowest BCUT2D eigenvalue weighted by Crippen LogP contribution is -2.50. The third kappa shape index (κ3) is 5.64. The topological polar surface area (TPSA) is 69.7 Å². The first kappa shape index (κ1) is 21.0. The first-order valence-electron chi connectivity index (χ1n) is 9.13. The standard InChI is InChI=1S/C20H24BrN3O3S/c1-16-7-8-18(13-19(16)21)22-20(25)14-23-9-11-24(12-10-23)28(26,27)15-17-5-3-2-4-6-17/h2-8,13H,9-12,14-15H2,1H3,(H,22,25). The maximum absolute atomic E-state index is 12.6. The maximum Gasteiger partial charge on any atom is 0.238 e. The summed E-state index contributed by atoms with van der Waals surface area (Å²) in [7, 11) is -3.34. The van der Waals surface area contributed by atoms with Crippen molar-refractivity contribution in [2.45, 2.75) is 12.7 Å². The fraction of sp³-hybridized carbons (Fsp3) is 0.350. The van der Waals surface area contributed by atoms with Crippen molar-refractivity contribution in [2.24, 2.45) is 0 Å². The van der Waals surface area contributed by atoms with Gasteiger partial charge in [-0.2, -0.15) is 4.31 Å². The van der Waals surface area contributed by atoms with Crippen molar-refractivity contribution in [1.82, 2.24) is 9.21 Å². The molecule has 3 rings (SSSR count). The van der Waals surface area contributed by atoms with Crippen LogP contribution in [0.25, 0.3) is 0 Å². The van der Waals surface area contributed by atoms with Gasteiger partial charge in [-0.3, -0.25) is 9.69 Å². The van der Waals surface area contributed by atoms with Crippen molar-refractivity contribution < 1.29 is 13.2 Å². The summed E-state index contributed by atoms with van der Waals surface area (Å²) < 4.78 is 27.7. The number of anilines is 1. The molecule has 1 fully saturated rings. The molecule has 28 heavy (non-hydrogen) atoms. The second-order valence-electron chi connectivity index (χ2n) is 6.93. The smallest absolute Gasteiger partial charge is 0.238 e. The minimum absolute atomic E-state index is 0.0105. The summed E-state index contributed by atoms with van der Waals surface area (Å²) in [6, 6.07) is 14.9. The van der Waals surface area contributed by atoms with E-state index in [-0.39, 0.29) is 18.2 Å². The SMILES string of the molecule is Cc1ccc(NC(=O)CN2CCN(S(=O)(=O)Cc3ccccc3)CC2)cc1Br. The number of nitrogens with zero attached hydrogens (tertiary/aromatic N) is 2. The molecular formula is C20H24BrN3O3S. The Morgan fingerprint density at radius 3 is 2.39 bits per heavy atom. The molecule has 0 bridgehead atoms. The van der Waals surface area contributed by atoms with E-state index in [0.717, 1.165) is 21.3 Å². The molecule has 2 aromatic carbocycles. The van der Waals surface area contributed by atoms with E-state index in [4.69, 9.17) is 0 Å². The molecule has 1 N–H and O–H groups in total. The molecule has 1 heterocycles. The highest BCUT2D eigenvalue weighted by atomic mass is 79.9. The molecule has 0 spiro atoms. The van der Waals surface area contributed by atoms with Crippen LogP contribution in [0.5, 0.6) is 0 Å². The Balaban J connectivity index is 1.49. The molecule has 0 aliphatic carbocycles. The maximum atomic E-state index is 12.6. The number of hydrogen-bond donors (Lipinski definition) is 1. The fourth-order valence-electron chi connectivity index (χ4n) is 3.12. The Morgan fingerprint density at radius 2 is 1.75 bits per heavy atom. The summed E-state index contributed by atoms with van der Waals surface area (Å²) in [5.41, 5.74) is 2.63. The molecular weight excluding hydrogens is 442 g/mol. The van der Waals surface area contributed by atoms with Crippen LogP contribution >= 0.6 is 15.9 Å². The van der Waals surface area contributed by atoms with E-state index in [0.29, 0.717) is 26.2 Å². The van der Waals surface area contributed by atoms with Gasteiger partial charge in [0.25, 0.3) is 0 Å². The van der Waals surface area contributed by atoms with E-state index < -0.39 is 10.0 Å². The molecule has 0 atom stereocenters. The van der Waals surface area contributed by atoms with Gasteiger partial charge in [0.1, 0.15) is 0 Å². The first-order chi connectivity index (χ1) is 13.3. The van der Waals surface area contributed by atoms with E-state index in [9.17, 15) is 13.2 Å². The van der Waals surface area contributed by atoms with Crippen LogP contribution < -0.4 is 5.32 Å². The molecule has 8 heteroatoms. The number of sulfonamides is 1. The molecule has 1 aliphatic heterocycles. The van der Waals surface area contributed by atoms with Crippen LogP contribution in [0.2, 0.25) is 0 Å². The van der Waals surface area contributed by atoms with Crippen LogP contribution in [0.4, 0.5) is 5.69 Å². The summed E-state index contributed by atoms with van der Waals surface area (Å²) in [5, 5.41) is 2.89. The molecule has 150 valence electrons. The highest BCUT2D eigenvalue weighted by Gasteiger charge is 2.27. The summed E-state index contributed by atoms with van der Waals surface area (Å²) in [6.07, 6.45) is 0. The third-order valence-electron chi connectivity index (χ3n) is 4.74. The zero-order valence-electron chi connectivity index (χ0n) is 15.8. The molecule has 0 unspecified atom stereocenters. The van der Waals surface area contributed by atoms with Crippen LogP contribution in [0.3, 0.4) is 0 Å². The Hall–Kier alpha value is -1.74. The number of rotatable bonds is 6. The van der Waals surface area contributed by atoms with Crippen LogP contribution in [-0.4, -0.2) is 56.3 Å². The van der Waals surface area contributed by atoms with E-state index in [2.05, 4.69) is 21.2 Å². The highest BCUT2D eigenvalue weighted by Crippen LogP contribution is 2.20. The van der Waals surface area contributed by atoms with Gasteiger partial charge in [0.15, 0.2) is 0 Å². The van der Waals surface area contributed by atoms with Gasteiger partial charge in [-0.25, -0.2) is 8.42 Å². The lowest BCUT2D eigenvalue weighted by Gasteiger charge is -2.33. The summed E-state index contributed by atoms with van der Waals surface area (Å²) in [6.45, 7) is 4.12. The molecule has 0 radical (unpaired) electrons. The predicted octanol–water partition coefficient (Wildman–Crippen LogP) is 2.84. The zero-order valence-corrected chi connectivity index (χ0v) is 18.2. The number of benzene rings is 2. The van der Waals surface area contributed by atoms with Gasteiger partial charge in [0.2, 0.25) is 15.9 Å². The Kier molecular flexibility index (Phi) is 6.87. The van der Waals surface area contributed by atoms with Crippen molar-refractivity contribution in [3.63, 3.8) is 0 Å². The Bertz CT molecular complexity index is 927. The third-order valence-corrected chi connectivity index (χ3v) is 7.44. The number of carbonyl (C=O) groups excluding carboxylic acids is 1. The van der Waals surface area contributed by atoms with E-state index in [1.165, 1.54) is 4.31 Å². The molecule has 1 aliphatic rings. The lowest BCUT2D eigenvalue weighted by atomic mass is 10.2. The van der Waals surface area contributed by atoms with Crippen molar-refractivity contribution in [3.8, 4) is 0 Å². The Morgan fingerprint density at radius 1 is 1.07 bits per heavy atom. The molecule has 1 saturated heterocycles. The average molecular weight is 466 g/mol. The number of nitrogens with one attached hydrogen (secondary N) is 1. The average Bonchev–Trinajstić information content (AvgIpc) is 2.65. The van der Waals surface area contributed by atoms with Crippen LogP contribution in [0.15, 0.2) is 53.0 Å². The van der Waals surface area contributed by atoms with Crippen molar-refractivity contribution in [2.75, 3.05) is 38.0 Å². The predicted molar refractivity (Wildman–Crippen MR) is 115 cm³/mol. The number of hydrogen-bond acceptors (Lipinski definition) is 4. The minimum Gasteiger partial charge on any atom is -0.325 e. The number of carbonyl (C=O) groups is 1. The largest absolute Gasteiger partial charge is 0.325 e. The minimum atomic E-state index is -3.34. The monoisotopic (exact) mass is 465 g/mol. The molecule has 0 saturated carbocycles. The van der Waals surface area contributed by atoms with Crippen molar-refractivity contribution >= 4 is 37.5 Å². The number of piperazine rings is 1. The van der Waals surface area contributed by atoms with E-state index in [1.807, 2.05) is 60.4 Å². The number of aryl methyl sites for hydroxylation is 1.